The summed E-state index contributed by atoms with van der Waals surface area (Å²) in [5, 5.41) is 6.52. The number of aryl methyl sites for hydroxylation is 1. The average molecular weight is 515 g/mol. The van der Waals surface area contributed by atoms with Gasteiger partial charge in [-0.25, -0.2) is 0 Å². The Morgan fingerprint density at radius 2 is 1.76 bits per heavy atom. The molecule has 2 atom stereocenters. The molecule has 7 nitrogen and oxygen atoms in total. The van der Waals surface area contributed by atoms with Crippen molar-refractivity contribution in [1.29, 1.82) is 0 Å². The minimum absolute atomic E-state index is 0.181. The smallest absolute Gasteiger partial charge is 0.368 e. The van der Waals surface area contributed by atoms with Crippen LogP contribution in [-0.4, -0.2) is 34.3 Å². The summed E-state index contributed by atoms with van der Waals surface area (Å²) >= 11 is 0. The number of fused-ring (bicyclic) bond motifs is 3. The molecule has 0 spiro atoms. The molecule has 0 unspecified atom stereocenters. The van der Waals surface area contributed by atoms with Crippen molar-refractivity contribution in [2.75, 3.05) is 0 Å². The van der Waals surface area contributed by atoms with E-state index in [1.807, 2.05) is 24.3 Å². The number of nitrogens with one attached hydrogen (secondary N) is 3. The summed E-state index contributed by atoms with van der Waals surface area (Å²) in [5.41, 5.74) is 6.49. The Balaban J connectivity index is 1.63. The summed E-state index contributed by atoms with van der Waals surface area (Å²) < 4.78 is 38.7. The Hall–Kier alpha value is -3.82. The molecule has 10 heteroatoms. The third kappa shape index (κ3) is 5.47. The number of hydrogen-bond acceptors (Lipinski definition) is 3. The number of halogens is 3. The SMILES string of the molecule is CC(C)[C@H](NC(=O)[C@@]1(NC(=O)Cc2ccc(C(F)(F)F)cc2)CCc2[nH]c3ccccc3c2C1)C(N)=O. The van der Waals surface area contributed by atoms with E-state index < -0.39 is 41.0 Å². The lowest BCUT2D eigenvalue weighted by Gasteiger charge is -2.38. The second-order valence-corrected chi connectivity index (χ2v) is 9.90. The van der Waals surface area contributed by atoms with Crippen LogP contribution >= 0.6 is 0 Å². The van der Waals surface area contributed by atoms with Crippen molar-refractivity contribution in [3.8, 4) is 0 Å². The molecule has 196 valence electrons. The summed E-state index contributed by atoms with van der Waals surface area (Å²) in [7, 11) is 0. The maximum Gasteiger partial charge on any atom is 0.416 e. The lowest BCUT2D eigenvalue weighted by atomic mass is 9.78. The third-order valence-corrected chi connectivity index (χ3v) is 6.90. The van der Waals surface area contributed by atoms with Gasteiger partial charge in [-0.15, -0.1) is 0 Å². The predicted molar refractivity (Wildman–Crippen MR) is 132 cm³/mol. The number of aromatic amines is 1. The van der Waals surface area contributed by atoms with Gasteiger partial charge >= 0.3 is 6.18 Å². The highest BCUT2D eigenvalue weighted by atomic mass is 19.4. The van der Waals surface area contributed by atoms with Crippen molar-refractivity contribution in [3.05, 3.63) is 70.9 Å². The molecule has 1 heterocycles. The number of primary amides is 1. The molecular weight excluding hydrogens is 485 g/mol. The third-order valence-electron chi connectivity index (χ3n) is 6.90. The van der Waals surface area contributed by atoms with E-state index in [1.54, 1.807) is 13.8 Å². The quantitative estimate of drug-likeness (QED) is 0.387. The van der Waals surface area contributed by atoms with Gasteiger partial charge in [-0.1, -0.05) is 44.2 Å². The molecule has 5 N–H and O–H groups in total. The number of hydrogen-bond donors (Lipinski definition) is 4. The average Bonchev–Trinajstić information content (AvgIpc) is 3.19. The number of benzene rings is 2. The van der Waals surface area contributed by atoms with Crippen LogP contribution < -0.4 is 16.4 Å². The van der Waals surface area contributed by atoms with Crippen LogP contribution in [0.3, 0.4) is 0 Å². The first-order chi connectivity index (χ1) is 17.4. The second-order valence-electron chi connectivity index (χ2n) is 9.90. The fourth-order valence-electron chi connectivity index (χ4n) is 4.91. The van der Waals surface area contributed by atoms with E-state index >= 15 is 0 Å². The lowest BCUT2D eigenvalue weighted by molar-refractivity contribution is -0.137. The molecule has 1 aliphatic rings. The predicted octanol–water partition coefficient (Wildman–Crippen LogP) is 3.40. The van der Waals surface area contributed by atoms with Crippen LogP contribution in [0.2, 0.25) is 0 Å². The van der Waals surface area contributed by atoms with E-state index in [-0.39, 0.29) is 25.2 Å². The molecule has 3 aromatic rings. The highest BCUT2D eigenvalue weighted by Gasteiger charge is 2.45. The maximum atomic E-state index is 13.7. The van der Waals surface area contributed by atoms with Gasteiger partial charge in [0.25, 0.3) is 0 Å². The number of aromatic nitrogens is 1. The Morgan fingerprint density at radius 3 is 2.38 bits per heavy atom. The highest BCUT2D eigenvalue weighted by molar-refractivity contribution is 5.96. The monoisotopic (exact) mass is 514 g/mol. The molecule has 37 heavy (non-hydrogen) atoms. The molecule has 0 saturated carbocycles. The van der Waals surface area contributed by atoms with Crippen molar-refractivity contribution >= 4 is 28.6 Å². The van der Waals surface area contributed by atoms with Crippen molar-refractivity contribution in [1.82, 2.24) is 15.6 Å². The van der Waals surface area contributed by atoms with Gasteiger partial charge in [0.15, 0.2) is 0 Å². The zero-order valence-electron chi connectivity index (χ0n) is 20.5. The fourth-order valence-corrected chi connectivity index (χ4v) is 4.91. The number of carbonyl (C=O) groups is 3. The fraction of sp³-hybridized carbons (Fsp3) is 0.370. The van der Waals surface area contributed by atoms with E-state index in [0.717, 1.165) is 34.3 Å². The van der Waals surface area contributed by atoms with Crippen molar-refractivity contribution in [2.24, 2.45) is 11.7 Å². The summed E-state index contributed by atoms with van der Waals surface area (Å²) in [4.78, 5) is 42.2. The molecule has 3 amide bonds. The zero-order chi connectivity index (χ0) is 27.0. The van der Waals surface area contributed by atoms with Crippen LogP contribution in [0.25, 0.3) is 10.9 Å². The Morgan fingerprint density at radius 1 is 1.08 bits per heavy atom. The second kappa shape index (κ2) is 9.91. The Kier molecular flexibility index (Phi) is 7.03. The summed E-state index contributed by atoms with van der Waals surface area (Å²) in [6.45, 7) is 3.51. The molecule has 0 radical (unpaired) electrons. The molecule has 1 aliphatic carbocycles. The van der Waals surface area contributed by atoms with Gasteiger partial charge in [-0.2, -0.15) is 13.2 Å². The van der Waals surface area contributed by atoms with Gasteiger partial charge in [-0.05, 0) is 48.1 Å². The van der Waals surface area contributed by atoms with Gasteiger partial charge in [0, 0.05) is 23.0 Å². The van der Waals surface area contributed by atoms with Crippen molar-refractivity contribution in [3.63, 3.8) is 0 Å². The topological polar surface area (TPSA) is 117 Å². The Bertz CT molecular complexity index is 1330. The number of para-hydroxylation sites is 1. The van der Waals surface area contributed by atoms with Gasteiger partial charge in [0.05, 0.1) is 12.0 Å². The van der Waals surface area contributed by atoms with E-state index in [4.69, 9.17) is 5.73 Å². The largest absolute Gasteiger partial charge is 0.416 e. The van der Waals surface area contributed by atoms with Crippen LogP contribution in [0, 0.1) is 5.92 Å². The van der Waals surface area contributed by atoms with E-state index in [0.29, 0.717) is 12.0 Å². The first-order valence-electron chi connectivity index (χ1n) is 12.1. The minimum Gasteiger partial charge on any atom is -0.368 e. The van der Waals surface area contributed by atoms with E-state index in [2.05, 4.69) is 15.6 Å². The minimum atomic E-state index is -4.48. The van der Waals surface area contributed by atoms with Crippen LogP contribution in [0.5, 0.6) is 0 Å². The number of nitrogens with two attached hydrogens (primary N) is 1. The summed E-state index contributed by atoms with van der Waals surface area (Å²) in [6.07, 6.45) is -3.77. The van der Waals surface area contributed by atoms with E-state index in [9.17, 15) is 27.6 Å². The number of H-pyrrole nitrogens is 1. The molecule has 0 saturated heterocycles. The molecule has 0 fully saturated rings. The standard InChI is InChI=1S/C27H29F3N4O3/c1-15(2)23(24(31)36)33-25(37)26(12-11-21-19(14-26)18-5-3-4-6-20(18)32-21)34-22(35)13-16-7-9-17(10-8-16)27(28,29)30/h3-10,15,23,32H,11-14H2,1-2H3,(H2,31,36)(H,33,37)(H,34,35)/t23-,26+/m0/s1. The Labute approximate surface area is 212 Å². The van der Waals surface area contributed by atoms with Crippen LogP contribution in [0.4, 0.5) is 13.2 Å². The molecular formula is C27H29F3N4O3. The summed E-state index contributed by atoms with van der Waals surface area (Å²) in [5.74, 6) is -1.99. The maximum absolute atomic E-state index is 13.7. The number of alkyl halides is 3. The van der Waals surface area contributed by atoms with Crippen LogP contribution in [-0.2, 0) is 39.8 Å². The van der Waals surface area contributed by atoms with Gasteiger partial charge in [0.2, 0.25) is 17.7 Å². The molecule has 0 aliphatic heterocycles. The first kappa shape index (κ1) is 26.2. The van der Waals surface area contributed by atoms with Crippen molar-refractivity contribution in [2.45, 2.75) is 57.3 Å². The lowest BCUT2D eigenvalue weighted by Crippen LogP contribution is -2.64. The van der Waals surface area contributed by atoms with Crippen LogP contribution in [0.15, 0.2) is 48.5 Å². The molecule has 4 rings (SSSR count). The highest BCUT2D eigenvalue weighted by Crippen LogP contribution is 2.35. The zero-order valence-corrected chi connectivity index (χ0v) is 20.5. The van der Waals surface area contributed by atoms with E-state index in [1.165, 1.54) is 12.1 Å². The van der Waals surface area contributed by atoms with Crippen LogP contribution in [0.1, 0.15) is 42.7 Å². The van der Waals surface area contributed by atoms with Gasteiger partial charge in [0.1, 0.15) is 11.6 Å². The summed E-state index contributed by atoms with van der Waals surface area (Å²) in [6, 6.07) is 11.1. The molecule has 0 bridgehead atoms. The van der Waals surface area contributed by atoms with Crippen molar-refractivity contribution < 1.29 is 27.6 Å². The number of carbonyl (C=O) groups excluding carboxylic acids is 3. The number of amides is 3. The number of rotatable bonds is 7. The van der Waals surface area contributed by atoms with Gasteiger partial charge in [-0.3, -0.25) is 14.4 Å². The van der Waals surface area contributed by atoms with Gasteiger partial charge < -0.3 is 21.4 Å². The molecule has 1 aromatic heterocycles. The first-order valence-corrected chi connectivity index (χ1v) is 12.1. The molecule has 2 aromatic carbocycles. The normalized spacial score (nSPS) is 18.3.